The van der Waals surface area contributed by atoms with Gasteiger partial charge in [-0.3, -0.25) is 0 Å². The zero-order valence-corrected chi connectivity index (χ0v) is 30.5. The molecular formula is C50H34N4. The van der Waals surface area contributed by atoms with Crippen LogP contribution in [0.3, 0.4) is 0 Å². The lowest BCUT2D eigenvalue weighted by molar-refractivity contribution is 0.660. The maximum Gasteiger partial charge on any atom is 0.101 e. The normalized spacial score (nSPS) is 14.6. The highest BCUT2D eigenvalue weighted by Crippen LogP contribution is 2.55. The number of fused-ring (bicyclic) bond motifs is 14. The van der Waals surface area contributed by atoms with Gasteiger partial charge in [0.25, 0.3) is 0 Å². The summed E-state index contributed by atoms with van der Waals surface area (Å²) >= 11 is 0. The van der Waals surface area contributed by atoms with Gasteiger partial charge >= 0.3 is 0 Å². The third kappa shape index (κ3) is 3.65. The summed E-state index contributed by atoms with van der Waals surface area (Å²) in [5, 5.41) is 25.7. The summed E-state index contributed by atoms with van der Waals surface area (Å²) in [4.78, 5) is 0. The molecule has 7 aromatic carbocycles. The standard InChI is InChI=1S/C50H34N4/c1-49(2)35-17-9-5-13-31(35)45-37(49)21-23-41-47(45)33-15-7-11-19-39(33)53(41)43-25-29(27-51)30(28-52)26-44(43)54-40-20-12-8-16-34(40)48-42(54)24-22-38-46(48)32-14-6-10-18-36(32)50(38,3)4/h5-26H,1-4H3. The number of aromatic nitrogens is 2. The predicted octanol–water partition coefficient (Wildman–Crippen LogP) is 12.2. The first-order valence-corrected chi connectivity index (χ1v) is 18.6. The molecule has 0 N–H and O–H groups in total. The van der Waals surface area contributed by atoms with E-state index in [2.05, 4.69) is 170 Å². The number of hydrogen-bond acceptors (Lipinski definition) is 2. The van der Waals surface area contributed by atoms with E-state index in [9.17, 15) is 10.5 Å². The summed E-state index contributed by atoms with van der Waals surface area (Å²) < 4.78 is 4.64. The Labute approximate surface area is 313 Å². The van der Waals surface area contributed by atoms with Gasteiger partial charge in [-0.15, -0.1) is 0 Å². The van der Waals surface area contributed by atoms with Crippen LogP contribution in [0.25, 0.3) is 77.2 Å². The molecule has 2 aliphatic rings. The molecule has 0 spiro atoms. The fourth-order valence-electron chi connectivity index (χ4n) is 10.1. The van der Waals surface area contributed by atoms with Crippen LogP contribution in [0.1, 0.15) is 61.1 Å². The molecule has 0 bridgehead atoms. The zero-order chi connectivity index (χ0) is 36.7. The van der Waals surface area contributed by atoms with Gasteiger partial charge in [-0.1, -0.05) is 125 Å². The quantitative estimate of drug-likeness (QED) is 0.181. The summed E-state index contributed by atoms with van der Waals surface area (Å²) in [6, 6.07) is 52.5. The second-order valence-corrected chi connectivity index (χ2v) is 15.9. The van der Waals surface area contributed by atoms with Crippen LogP contribution in [0, 0.1) is 22.7 Å². The lowest BCUT2D eigenvalue weighted by Crippen LogP contribution is -2.14. The first kappa shape index (κ1) is 30.7. The van der Waals surface area contributed by atoms with Crippen molar-refractivity contribution >= 4 is 43.6 Å². The highest BCUT2D eigenvalue weighted by atomic mass is 15.1. The number of rotatable bonds is 2. The molecule has 0 saturated heterocycles. The Balaban J connectivity index is 1.31. The number of nitrogens with zero attached hydrogens (tertiary/aromatic N) is 4. The molecule has 2 aliphatic carbocycles. The Morgan fingerprint density at radius 1 is 0.426 bits per heavy atom. The second-order valence-electron chi connectivity index (χ2n) is 15.9. The van der Waals surface area contributed by atoms with Gasteiger partial charge in [0.05, 0.1) is 44.6 Å². The van der Waals surface area contributed by atoms with E-state index in [-0.39, 0.29) is 10.8 Å². The Hall–Kier alpha value is -6.88. The Morgan fingerprint density at radius 2 is 0.815 bits per heavy atom. The van der Waals surface area contributed by atoms with Crippen molar-refractivity contribution in [3.63, 3.8) is 0 Å². The van der Waals surface area contributed by atoms with E-state index < -0.39 is 0 Å². The first-order valence-electron chi connectivity index (χ1n) is 18.6. The summed E-state index contributed by atoms with van der Waals surface area (Å²) in [6.45, 7) is 9.27. The van der Waals surface area contributed by atoms with Crippen LogP contribution in [0.15, 0.2) is 133 Å². The van der Waals surface area contributed by atoms with Gasteiger partial charge in [0, 0.05) is 32.4 Å². The average molecular weight is 691 g/mol. The second kappa shape index (κ2) is 10.4. The largest absolute Gasteiger partial charge is 0.307 e. The highest BCUT2D eigenvalue weighted by molar-refractivity contribution is 6.20. The van der Waals surface area contributed by atoms with Crippen molar-refractivity contribution in [2.45, 2.75) is 38.5 Å². The summed E-state index contributed by atoms with van der Waals surface area (Å²) in [6.07, 6.45) is 0. The minimum Gasteiger partial charge on any atom is -0.307 e. The molecule has 2 aromatic heterocycles. The van der Waals surface area contributed by atoms with Crippen LogP contribution in [0.4, 0.5) is 0 Å². The molecule has 9 aromatic rings. The van der Waals surface area contributed by atoms with E-state index in [0.29, 0.717) is 11.1 Å². The van der Waals surface area contributed by atoms with Crippen LogP contribution in [-0.4, -0.2) is 9.13 Å². The number of hydrogen-bond donors (Lipinski definition) is 0. The van der Waals surface area contributed by atoms with Crippen molar-refractivity contribution in [2.75, 3.05) is 0 Å². The Kier molecular flexibility index (Phi) is 5.90. The average Bonchev–Trinajstić information content (AvgIpc) is 3.86. The molecule has 4 heteroatoms. The van der Waals surface area contributed by atoms with Crippen molar-refractivity contribution < 1.29 is 0 Å². The molecule has 0 fully saturated rings. The number of benzene rings is 7. The topological polar surface area (TPSA) is 57.4 Å². The maximum atomic E-state index is 10.5. The van der Waals surface area contributed by atoms with E-state index in [1.165, 1.54) is 55.3 Å². The van der Waals surface area contributed by atoms with E-state index in [4.69, 9.17) is 0 Å². The molecule has 54 heavy (non-hydrogen) atoms. The van der Waals surface area contributed by atoms with Crippen molar-refractivity contribution in [1.82, 2.24) is 9.13 Å². The molecule has 254 valence electrons. The maximum absolute atomic E-state index is 10.5. The van der Waals surface area contributed by atoms with Crippen molar-refractivity contribution in [2.24, 2.45) is 0 Å². The van der Waals surface area contributed by atoms with Crippen molar-refractivity contribution in [3.05, 3.63) is 167 Å². The van der Waals surface area contributed by atoms with Gasteiger partial charge in [0.2, 0.25) is 0 Å². The number of nitriles is 2. The molecule has 0 atom stereocenters. The van der Waals surface area contributed by atoms with E-state index in [0.717, 1.165) is 44.2 Å². The Morgan fingerprint density at radius 3 is 1.24 bits per heavy atom. The Bertz CT molecular complexity index is 3020. The van der Waals surface area contributed by atoms with E-state index in [1.807, 2.05) is 12.1 Å². The molecule has 0 radical (unpaired) electrons. The smallest absolute Gasteiger partial charge is 0.101 e. The van der Waals surface area contributed by atoms with Crippen LogP contribution >= 0.6 is 0 Å². The summed E-state index contributed by atoms with van der Waals surface area (Å²) in [5.41, 5.74) is 16.7. The van der Waals surface area contributed by atoms with Gasteiger partial charge < -0.3 is 9.13 Å². The molecule has 0 amide bonds. The van der Waals surface area contributed by atoms with Crippen molar-refractivity contribution in [1.29, 1.82) is 10.5 Å². The molecule has 0 saturated carbocycles. The molecule has 4 nitrogen and oxygen atoms in total. The molecule has 0 unspecified atom stereocenters. The highest BCUT2D eigenvalue weighted by Gasteiger charge is 2.39. The van der Waals surface area contributed by atoms with Gasteiger partial charge in [-0.25, -0.2) is 0 Å². The fraction of sp³-hybridized carbons (Fsp3) is 0.120. The molecule has 11 rings (SSSR count). The van der Waals surface area contributed by atoms with Gasteiger partial charge in [-0.05, 0) is 80.9 Å². The SMILES string of the molecule is CC1(C)c2ccccc2-c2c1ccc1c2c2ccccc2n1-c1cc(C#N)c(C#N)cc1-n1c2ccccc2c2c3c(ccc21)C(C)(C)c1ccccc1-3. The first-order chi connectivity index (χ1) is 26.3. The van der Waals surface area contributed by atoms with E-state index in [1.54, 1.807) is 0 Å². The molecule has 2 heterocycles. The number of para-hydroxylation sites is 2. The van der Waals surface area contributed by atoms with Crippen LogP contribution in [0.5, 0.6) is 0 Å². The molecular weight excluding hydrogens is 657 g/mol. The van der Waals surface area contributed by atoms with Crippen LogP contribution in [0.2, 0.25) is 0 Å². The molecule has 0 aliphatic heterocycles. The van der Waals surface area contributed by atoms with Crippen molar-refractivity contribution in [3.8, 4) is 45.8 Å². The lowest BCUT2D eigenvalue weighted by Gasteiger charge is -2.22. The van der Waals surface area contributed by atoms with Crippen LogP contribution < -0.4 is 0 Å². The monoisotopic (exact) mass is 690 g/mol. The van der Waals surface area contributed by atoms with Gasteiger partial charge in [0.1, 0.15) is 12.1 Å². The van der Waals surface area contributed by atoms with Crippen LogP contribution in [-0.2, 0) is 10.8 Å². The minimum absolute atomic E-state index is 0.146. The van der Waals surface area contributed by atoms with Gasteiger partial charge in [0.15, 0.2) is 0 Å². The minimum atomic E-state index is -0.146. The lowest BCUT2D eigenvalue weighted by atomic mass is 9.82. The third-order valence-electron chi connectivity index (χ3n) is 12.6. The predicted molar refractivity (Wildman–Crippen MR) is 220 cm³/mol. The third-order valence-corrected chi connectivity index (χ3v) is 12.6. The zero-order valence-electron chi connectivity index (χ0n) is 30.5. The summed E-state index contributed by atoms with van der Waals surface area (Å²) in [7, 11) is 0. The fourth-order valence-corrected chi connectivity index (χ4v) is 10.1. The summed E-state index contributed by atoms with van der Waals surface area (Å²) in [5.74, 6) is 0. The van der Waals surface area contributed by atoms with E-state index >= 15 is 0 Å². The van der Waals surface area contributed by atoms with Gasteiger partial charge in [-0.2, -0.15) is 10.5 Å².